The van der Waals surface area contributed by atoms with E-state index in [-0.39, 0.29) is 17.8 Å². The fourth-order valence-electron chi connectivity index (χ4n) is 2.10. The molecule has 0 unspecified atom stereocenters. The molecule has 0 aliphatic carbocycles. The molecule has 5 nitrogen and oxygen atoms in total. The van der Waals surface area contributed by atoms with E-state index in [1.165, 1.54) is 7.11 Å². The molecule has 0 fully saturated rings. The van der Waals surface area contributed by atoms with Gasteiger partial charge in [0.05, 0.1) is 13.5 Å². The number of ketones is 1. The van der Waals surface area contributed by atoms with Crippen molar-refractivity contribution >= 4 is 28.5 Å². The van der Waals surface area contributed by atoms with Crippen LogP contribution in [0.1, 0.15) is 16.8 Å². The van der Waals surface area contributed by atoms with E-state index < -0.39 is 18.5 Å². The largest absolute Gasteiger partial charge is 0.469 e. The average molecular weight is 312 g/mol. The molecule has 23 heavy (non-hydrogen) atoms. The molecule has 0 N–H and O–H groups in total. The van der Waals surface area contributed by atoms with E-state index in [1.54, 1.807) is 12.1 Å². The van der Waals surface area contributed by atoms with Crippen molar-refractivity contribution in [2.75, 3.05) is 13.7 Å². The van der Waals surface area contributed by atoms with Crippen molar-refractivity contribution in [3.05, 3.63) is 60.2 Å². The quantitative estimate of drug-likeness (QED) is 0.466. The van der Waals surface area contributed by atoms with Crippen molar-refractivity contribution in [2.45, 2.75) is 6.42 Å². The van der Waals surface area contributed by atoms with Gasteiger partial charge in [0, 0.05) is 11.1 Å². The average Bonchev–Trinajstić information content (AvgIpc) is 2.58. The highest BCUT2D eigenvalue weighted by molar-refractivity contribution is 6.09. The summed E-state index contributed by atoms with van der Waals surface area (Å²) < 4.78 is 9.36. The van der Waals surface area contributed by atoms with Gasteiger partial charge in [-0.3, -0.25) is 9.59 Å². The topological polar surface area (TPSA) is 69.7 Å². The van der Waals surface area contributed by atoms with Crippen LogP contribution in [0.25, 0.3) is 10.8 Å². The van der Waals surface area contributed by atoms with Gasteiger partial charge in [-0.2, -0.15) is 0 Å². The lowest BCUT2D eigenvalue weighted by Gasteiger charge is -2.08. The molecule has 0 amide bonds. The van der Waals surface area contributed by atoms with Gasteiger partial charge in [-0.1, -0.05) is 49.0 Å². The predicted molar refractivity (Wildman–Crippen MR) is 85.0 cm³/mol. The zero-order valence-corrected chi connectivity index (χ0v) is 12.7. The third kappa shape index (κ3) is 4.03. The fraction of sp³-hybridized carbons (Fsp3) is 0.167. The molecule has 0 aromatic heterocycles. The first-order valence-electron chi connectivity index (χ1n) is 6.95. The maximum Gasteiger partial charge on any atom is 0.334 e. The van der Waals surface area contributed by atoms with Crippen LogP contribution in [-0.2, 0) is 19.1 Å². The van der Waals surface area contributed by atoms with Crippen molar-refractivity contribution in [3.8, 4) is 0 Å². The van der Waals surface area contributed by atoms with Gasteiger partial charge in [0.2, 0.25) is 5.78 Å². The number of Topliss-reactive ketones (excluding diaryl/α,β-unsaturated/α-hetero) is 1. The van der Waals surface area contributed by atoms with E-state index in [9.17, 15) is 14.4 Å². The van der Waals surface area contributed by atoms with Crippen LogP contribution in [0.15, 0.2) is 54.6 Å². The Hall–Kier alpha value is -2.95. The van der Waals surface area contributed by atoms with Crippen molar-refractivity contribution in [2.24, 2.45) is 0 Å². The molecule has 0 saturated heterocycles. The van der Waals surface area contributed by atoms with Crippen molar-refractivity contribution in [1.82, 2.24) is 0 Å². The van der Waals surface area contributed by atoms with Gasteiger partial charge < -0.3 is 9.47 Å². The summed E-state index contributed by atoms with van der Waals surface area (Å²) in [6, 6.07) is 12.8. The Bertz CT molecular complexity index is 771. The smallest absolute Gasteiger partial charge is 0.334 e. The van der Waals surface area contributed by atoms with E-state index in [4.69, 9.17) is 4.74 Å². The standard InChI is InChI=1S/C18H16O5/c1-12(10-17(20)22-2)18(21)23-11-16(19)15-9-5-7-13-6-3-4-8-14(13)15/h3-9H,1,10-11H2,2H3. The Balaban J connectivity index is 2.03. The Morgan fingerprint density at radius 2 is 1.74 bits per heavy atom. The zero-order chi connectivity index (χ0) is 16.8. The Morgan fingerprint density at radius 3 is 2.48 bits per heavy atom. The summed E-state index contributed by atoms with van der Waals surface area (Å²) in [7, 11) is 1.21. The maximum atomic E-state index is 12.3. The normalized spacial score (nSPS) is 10.1. The summed E-state index contributed by atoms with van der Waals surface area (Å²) in [4.78, 5) is 35.1. The molecule has 118 valence electrons. The predicted octanol–water partition coefficient (Wildman–Crippen LogP) is 2.69. The van der Waals surface area contributed by atoms with E-state index in [1.807, 2.05) is 30.3 Å². The molecule has 0 aliphatic heterocycles. The number of benzene rings is 2. The summed E-state index contributed by atoms with van der Waals surface area (Å²) in [6.07, 6.45) is -0.266. The minimum absolute atomic E-state index is 0.0532. The number of rotatable bonds is 6. The van der Waals surface area contributed by atoms with Crippen LogP contribution < -0.4 is 0 Å². The van der Waals surface area contributed by atoms with Crippen molar-refractivity contribution < 1.29 is 23.9 Å². The first-order valence-corrected chi connectivity index (χ1v) is 6.95. The number of hydrogen-bond acceptors (Lipinski definition) is 5. The molecule has 2 rings (SSSR count). The number of hydrogen-bond donors (Lipinski definition) is 0. The molecular formula is C18H16O5. The second-order valence-corrected chi connectivity index (χ2v) is 4.88. The van der Waals surface area contributed by atoms with Crippen LogP contribution in [0.4, 0.5) is 0 Å². The first-order chi connectivity index (χ1) is 11.0. The molecular weight excluding hydrogens is 296 g/mol. The molecule has 0 bridgehead atoms. The number of esters is 2. The van der Waals surface area contributed by atoms with Gasteiger partial charge >= 0.3 is 11.9 Å². The highest BCUT2D eigenvalue weighted by atomic mass is 16.5. The van der Waals surface area contributed by atoms with Gasteiger partial charge in [0.1, 0.15) is 0 Å². The van der Waals surface area contributed by atoms with Gasteiger partial charge in [0.15, 0.2) is 6.61 Å². The number of carbonyl (C=O) groups is 3. The second kappa shape index (κ2) is 7.35. The Kier molecular flexibility index (Phi) is 5.25. The molecule has 0 heterocycles. The van der Waals surface area contributed by atoms with Crippen LogP contribution in [0.2, 0.25) is 0 Å². The lowest BCUT2D eigenvalue weighted by Crippen LogP contribution is -2.17. The molecule has 2 aromatic rings. The van der Waals surface area contributed by atoms with Crippen molar-refractivity contribution in [3.63, 3.8) is 0 Å². The molecule has 2 aromatic carbocycles. The van der Waals surface area contributed by atoms with E-state index >= 15 is 0 Å². The first kappa shape index (κ1) is 16.4. The molecule has 5 heteroatoms. The Morgan fingerprint density at radius 1 is 1.04 bits per heavy atom. The van der Waals surface area contributed by atoms with Gasteiger partial charge in [-0.25, -0.2) is 4.79 Å². The molecule has 0 spiro atoms. The van der Waals surface area contributed by atoms with E-state index in [0.29, 0.717) is 5.56 Å². The van der Waals surface area contributed by atoms with Crippen LogP contribution >= 0.6 is 0 Å². The molecule has 0 radical (unpaired) electrons. The number of ether oxygens (including phenoxy) is 2. The van der Waals surface area contributed by atoms with Crippen LogP contribution in [-0.4, -0.2) is 31.4 Å². The van der Waals surface area contributed by atoms with Gasteiger partial charge in [-0.05, 0) is 10.8 Å². The molecule has 0 saturated carbocycles. The van der Waals surface area contributed by atoms with E-state index in [2.05, 4.69) is 11.3 Å². The minimum atomic E-state index is -0.788. The molecule has 0 aliphatic rings. The van der Waals surface area contributed by atoms with Gasteiger partial charge in [0.25, 0.3) is 0 Å². The van der Waals surface area contributed by atoms with Crippen molar-refractivity contribution in [1.29, 1.82) is 0 Å². The van der Waals surface area contributed by atoms with Gasteiger partial charge in [-0.15, -0.1) is 0 Å². The summed E-state index contributed by atoms with van der Waals surface area (Å²) in [5.41, 5.74) is 0.428. The maximum absolute atomic E-state index is 12.3. The third-order valence-corrected chi connectivity index (χ3v) is 3.30. The number of fused-ring (bicyclic) bond motifs is 1. The monoisotopic (exact) mass is 312 g/mol. The number of carbonyl (C=O) groups excluding carboxylic acids is 3. The minimum Gasteiger partial charge on any atom is -0.469 e. The zero-order valence-electron chi connectivity index (χ0n) is 12.7. The Labute approximate surface area is 133 Å². The molecule has 0 atom stereocenters. The summed E-state index contributed by atoms with van der Waals surface area (Å²) in [5.74, 6) is -1.70. The van der Waals surface area contributed by atoms with E-state index in [0.717, 1.165) is 10.8 Å². The fourth-order valence-corrected chi connectivity index (χ4v) is 2.10. The third-order valence-electron chi connectivity index (χ3n) is 3.30. The van der Waals surface area contributed by atoms with Crippen LogP contribution in [0.3, 0.4) is 0 Å². The second-order valence-electron chi connectivity index (χ2n) is 4.88. The summed E-state index contributed by atoms with van der Waals surface area (Å²) in [6.45, 7) is 3.05. The van der Waals surface area contributed by atoms with Crippen LogP contribution in [0, 0.1) is 0 Å². The summed E-state index contributed by atoms with van der Waals surface area (Å²) in [5, 5.41) is 1.73. The highest BCUT2D eigenvalue weighted by Gasteiger charge is 2.16. The summed E-state index contributed by atoms with van der Waals surface area (Å²) >= 11 is 0. The lowest BCUT2D eigenvalue weighted by atomic mass is 10.0. The lowest BCUT2D eigenvalue weighted by molar-refractivity contribution is -0.143. The van der Waals surface area contributed by atoms with Crippen LogP contribution in [0.5, 0.6) is 0 Å². The number of methoxy groups -OCH3 is 1. The SMILES string of the molecule is C=C(CC(=O)OC)C(=O)OCC(=O)c1cccc2ccccc12. The highest BCUT2D eigenvalue weighted by Crippen LogP contribution is 2.19.